The number of amides is 1. The molecule has 1 amide bonds. The van der Waals surface area contributed by atoms with Crippen LogP contribution in [-0.2, 0) is 0 Å². The van der Waals surface area contributed by atoms with Crippen LogP contribution < -0.4 is 5.32 Å². The monoisotopic (exact) mass is 282 g/mol. The van der Waals surface area contributed by atoms with Crippen LogP contribution in [0.5, 0.6) is 0 Å². The predicted molar refractivity (Wildman–Crippen MR) is 72.6 cm³/mol. The maximum Gasteiger partial charge on any atom is 0.285 e. The average molecular weight is 283 g/mol. The Balaban J connectivity index is 2.24. The Labute approximate surface area is 116 Å². The summed E-state index contributed by atoms with van der Waals surface area (Å²) in [7, 11) is 0. The van der Waals surface area contributed by atoms with E-state index in [4.69, 9.17) is 11.6 Å². The van der Waals surface area contributed by atoms with E-state index in [0.717, 1.165) is 19.3 Å². The first kappa shape index (κ1) is 13.8. The fourth-order valence-corrected chi connectivity index (χ4v) is 2.75. The molecule has 1 saturated carbocycles. The molecule has 1 aliphatic carbocycles. The fraction of sp³-hybridized carbons (Fsp3) is 0.462. The molecule has 0 aliphatic heterocycles. The summed E-state index contributed by atoms with van der Waals surface area (Å²) < 4.78 is 0. The molecule has 6 heteroatoms. The summed E-state index contributed by atoms with van der Waals surface area (Å²) in [6.07, 6.45) is 2.65. The number of carbonyl (C=O) groups is 1. The van der Waals surface area contributed by atoms with E-state index in [0.29, 0.717) is 5.56 Å². The number of nitrogens with zero attached hydrogens (tertiary/aromatic N) is 1. The second kappa shape index (κ2) is 5.57. The molecule has 5 nitrogen and oxygen atoms in total. The summed E-state index contributed by atoms with van der Waals surface area (Å²) in [5, 5.41) is 13.8. The van der Waals surface area contributed by atoms with Gasteiger partial charge < -0.3 is 5.32 Å². The van der Waals surface area contributed by atoms with Crippen LogP contribution in [0.4, 0.5) is 5.69 Å². The third-order valence-electron chi connectivity index (χ3n) is 3.41. The number of benzene rings is 1. The number of carbonyl (C=O) groups excluding carboxylic acids is 1. The van der Waals surface area contributed by atoms with Crippen LogP contribution in [0.2, 0.25) is 0 Å². The van der Waals surface area contributed by atoms with Crippen LogP contribution >= 0.6 is 11.6 Å². The molecular formula is C13H15ClN2O3. The van der Waals surface area contributed by atoms with Gasteiger partial charge in [0.1, 0.15) is 5.56 Å². The van der Waals surface area contributed by atoms with E-state index in [1.54, 1.807) is 19.1 Å². The van der Waals surface area contributed by atoms with Gasteiger partial charge in [0.05, 0.1) is 10.3 Å². The molecule has 19 heavy (non-hydrogen) atoms. The number of nitrogens with one attached hydrogen (secondary N) is 1. The Hall–Kier alpha value is -1.62. The van der Waals surface area contributed by atoms with Crippen molar-refractivity contribution in [3.05, 3.63) is 39.4 Å². The Morgan fingerprint density at radius 1 is 1.47 bits per heavy atom. The van der Waals surface area contributed by atoms with Gasteiger partial charge in [0.25, 0.3) is 11.6 Å². The molecule has 2 rings (SSSR count). The minimum Gasteiger partial charge on any atom is -0.348 e. The van der Waals surface area contributed by atoms with Crippen LogP contribution in [0.15, 0.2) is 18.2 Å². The molecule has 0 radical (unpaired) electrons. The number of aryl methyl sites for hydroxylation is 1. The van der Waals surface area contributed by atoms with Crippen molar-refractivity contribution < 1.29 is 9.72 Å². The first-order chi connectivity index (χ1) is 9.00. The zero-order valence-corrected chi connectivity index (χ0v) is 11.3. The molecule has 1 aliphatic rings. The maximum absolute atomic E-state index is 12.1. The highest BCUT2D eigenvalue weighted by atomic mass is 35.5. The molecule has 0 bridgehead atoms. The zero-order valence-electron chi connectivity index (χ0n) is 10.6. The first-order valence-electron chi connectivity index (χ1n) is 6.19. The van der Waals surface area contributed by atoms with Gasteiger partial charge in [0.2, 0.25) is 0 Å². The lowest BCUT2D eigenvalue weighted by atomic mass is 10.1. The molecule has 1 fully saturated rings. The Morgan fingerprint density at radius 3 is 2.79 bits per heavy atom. The summed E-state index contributed by atoms with van der Waals surface area (Å²) in [6, 6.07) is 4.63. The van der Waals surface area contributed by atoms with Crippen LogP contribution in [0, 0.1) is 17.0 Å². The molecule has 0 aromatic heterocycles. The molecule has 2 atom stereocenters. The van der Waals surface area contributed by atoms with Crippen LogP contribution in [-0.4, -0.2) is 22.2 Å². The van der Waals surface area contributed by atoms with Crippen LogP contribution in [0.25, 0.3) is 0 Å². The quantitative estimate of drug-likeness (QED) is 0.526. The fourth-order valence-electron chi connectivity index (χ4n) is 2.41. The van der Waals surface area contributed by atoms with Gasteiger partial charge in [-0.3, -0.25) is 14.9 Å². The standard InChI is InChI=1S/C13H15ClN2O3/c1-8-4-2-5-9(12(8)16(18)19)13(17)15-11-7-3-6-10(11)14/h2,4-5,10-11H,3,6-7H2,1H3,(H,15,17). The number of nitro groups is 1. The Kier molecular flexibility index (Phi) is 4.04. The van der Waals surface area contributed by atoms with E-state index >= 15 is 0 Å². The minimum absolute atomic E-state index is 0.0900. The molecule has 0 heterocycles. The van der Waals surface area contributed by atoms with Gasteiger partial charge in [-0.25, -0.2) is 0 Å². The van der Waals surface area contributed by atoms with E-state index in [9.17, 15) is 14.9 Å². The smallest absolute Gasteiger partial charge is 0.285 e. The van der Waals surface area contributed by atoms with Crippen molar-refractivity contribution in [3.8, 4) is 0 Å². The van der Waals surface area contributed by atoms with Crippen molar-refractivity contribution in [1.82, 2.24) is 5.32 Å². The predicted octanol–water partition coefficient (Wildman–Crippen LogP) is 2.79. The highest BCUT2D eigenvalue weighted by Crippen LogP contribution is 2.26. The van der Waals surface area contributed by atoms with Crippen molar-refractivity contribution >= 4 is 23.2 Å². The number of para-hydroxylation sites is 1. The van der Waals surface area contributed by atoms with Gasteiger partial charge >= 0.3 is 0 Å². The summed E-state index contributed by atoms with van der Waals surface area (Å²) >= 11 is 6.09. The normalized spacial score (nSPS) is 22.2. The van der Waals surface area contributed by atoms with Crippen LogP contribution in [0.3, 0.4) is 0 Å². The van der Waals surface area contributed by atoms with Gasteiger partial charge in [0, 0.05) is 11.6 Å². The molecule has 0 saturated heterocycles. The van der Waals surface area contributed by atoms with Crippen molar-refractivity contribution in [2.45, 2.75) is 37.6 Å². The van der Waals surface area contributed by atoms with Crippen molar-refractivity contribution in [3.63, 3.8) is 0 Å². The largest absolute Gasteiger partial charge is 0.348 e. The van der Waals surface area contributed by atoms with Crippen molar-refractivity contribution in [2.75, 3.05) is 0 Å². The van der Waals surface area contributed by atoms with Gasteiger partial charge in [-0.1, -0.05) is 12.1 Å². The number of alkyl halides is 1. The lowest BCUT2D eigenvalue weighted by Crippen LogP contribution is -2.38. The molecule has 0 spiro atoms. The summed E-state index contributed by atoms with van der Waals surface area (Å²) in [5.41, 5.74) is 0.441. The number of nitro benzene ring substituents is 1. The molecule has 1 N–H and O–H groups in total. The molecular weight excluding hydrogens is 268 g/mol. The zero-order chi connectivity index (χ0) is 14.0. The lowest BCUT2D eigenvalue weighted by molar-refractivity contribution is -0.385. The molecule has 102 valence electrons. The van der Waals surface area contributed by atoms with Crippen LogP contribution in [0.1, 0.15) is 35.2 Å². The number of halogens is 1. The number of rotatable bonds is 3. The second-order valence-corrected chi connectivity index (χ2v) is 5.32. The van der Waals surface area contributed by atoms with Crippen molar-refractivity contribution in [2.24, 2.45) is 0 Å². The summed E-state index contributed by atoms with van der Waals surface area (Å²) in [5.74, 6) is -0.423. The number of hydrogen-bond donors (Lipinski definition) is 1. The van der Waals surface area contributed by atoms with E-state index in [-0.39, 0.29) is 22.7 Å². The SMILES string of the molecule is Cc1cccc(C(=O)NC2CCCC2Cl)c1[N+](=O)[O-]. The maximum atomic E-state index is 12.1. The first-order valence-corrected chi connectivity index (χ1v) is 6.63. The summed E-state index contributed by atoms with van der Waals surface area (Å²) in [4.78, 5) is 22.7. The van der Waals surface area contributed by atoms with Gasteiger partial charge in [-0.05, 0) is 32.3 Å². The Morgan fingerprint density at radius 2 is 2.21 bits per heavy atom. The highest BCUT2D eigenvalue weighted by molar-refractivity contribution is 6.21. The van der Waals surface area contributed by atoms with E-state index < -0.39 is 10.8 Å². The Bertz CT molecular complexity index is 519. The lowest BCUT2D eigenvalue weighted by Gasteiger charge is -2.16. The topological polar surface area (TPSA) is 72.2 Å². The average Bonchev–Trinajstić information content (AvgIpc) is 2.74. The van der Waals surface area contributed by atoms with E-state index in [1.165, 1.54) is 6.07 Å². The van der Waals surface area contributed by atoms with Gasteiger partial charge in [-0.2, -0.15) is 0 Å². The molecule has 1 aromatic rings. The highest BCUT2D eigenvalue weighted by Gasteiger charge is 2.29. The second-order valence-electron chi connectivity index (χ2n) is 4.76. The van der Waals surface area contributed by atoms with Gasteiger partial charge in [0.15, 0.2) is 0 Å². The van der Waals surface area contributed by atoms with E-state index in [1.807, 2.05) is 0 Å². The van der Waals surface area contributed by atoms with Gasteiger partial charge in [-0.15, -0.1) is 11.6 Å². The molecule has 2 unspecified atom stereocenters. The summed E-state index contributed by atoms with van der Waals surface area (Å²) in [6.45, 7) is 1.62. The number of hydrogen-bond acceptors (Lipinski definition) is 3. The minimum atomic E-state index is -0.517. The molecule has 1 aromatic carbocycles. The van der Waals surface area contributed by atoms with E-state index in [2.05, 4.69) is 5.32 Å². The third kappa shape index (κ3) is 2.87. The van der Waals surface area contributed by atoms with Crippen molar-refractivity contribution in [1.29, 1.82) is 0 Å². The third-order valence-corrected chi connectivity index (χ3v) is 3.94.